The van der Waals surface area contributed by atoms with Crippen molar-refractivity contribution in [1.82, 2.24) is 0 Å². The fourth-order valence-corrected chi connectivity index (χ4v) is 1.35. The van der Waals surface area contributed by atoms with E-state index in [1.807, 2.05) is 0 Å². The van der Waals surface area contributed by atoms with E-state index in [1.54, 1.807) is 0 Å². The number of hydrogen-bond donors (Lipinski definition) is 0. The fraction of sp³-hybridized carbons (Fsp3) is 0.364. The zero-order chi connectivity index (χ0) is 14.0. The molecule has 0 heterocycles. The molecule has 0 aliphatic rings. The second-order valence-corrected chi connectivity index (χ2v) is 3.55. The zero-order valence-corrected chi connectivity index (χ0v) is 8.86. The molecule has 0 amide bonds. The molecule has 0 aromatic heterocycles. The van der Waals surface area contributed by atoms with Crippen LogP contribution in [0.25, 0.3) is 4.85 Å². The molecule has 0 saturated carbocycles. The van der Waals surface area contributed by atoms with Gasteiger partial charge in [0.25, 0.3) is 0 Å². The molecule has 7 heteroatoms. The smallest absolute Gasteiger partial charge is 0.317 e. The van der Waals surface area contributed by atoms with Crippen LogP contribution in [-0.4, -0.2) is 6.54 Å². The van der Waals surface area contributed by atoms with Crippen molar-refractivity contribution in [2.45, 2.75) is 18.8 Å². The molecular weight excluding hydrogens is 260 g/mol. The highest BCUT2D eigenvalue weighted by Gasteiger charge is 2.36. The van der Waals surface area contributed by atoms with Crippen LogP contribution in [0.2, 0.25) is 0 Å². The molecular formula is C11H7F6N. The van der Waals surface area contributed by atoms with Crippen LogP contribution in [-0.2, 0) is 18.8 Å². The first-order chi connectivity index (χ1) is 8.14. The Balaban J connectivity index is 3.26. The lowest BCUT2D eigenvalue weighted by Gasteiger charge is -2.13. The van der Waals surface area contributed by atoms with Crippen molar-refractivity contribution in [2.24, 2.45) is 0 Å². The number of rotatable bonds is 2. The molecule has 0 spiro atoms. The van der Waals surface area contributed by atoms with E-state index in [-0.39, 0.29) is 24.6 Å². The Bertz CT molecular complexity index is 434. The molecule has 1 nitrogen and oxygen atoms in total. The lowest BCUT2D eigenvalue weighted by atomic mass is 10.0. The van der Waals surface area contributed by atoms with Crippen LogP contribution in [0.3, 0.4) is 0 Å². The molecule has 0 N–H and O–H groups in total. The Kier molecular flexibility index (Phi) is 3.89. The SMILES string of the molecule is [C-]#[N+]CCc1cc(C(F)(F)F)cc(C(F)(F)F)c1. The molecule has 1 rings (SSSR count). The minimum absolute atomic E-state index is 0.0708. The number of nitrogens with zero attached hydrogens (tertiary/aromatic N) is 1. The van der Waals surface area contributed by atoms with Crippen molar-refractivity contribution >= 4 is 0 Å². The molecule has 0 atom stereocenters. The monoisotopic (exact) mass is 267 g/mol. The first kappa shape index (κ1) is 14.4. The maximum atomic E-state index is 12.4. The molecule has 0 unspecified atom stereocenters. The van der Waals surface area contributed by atoms with Gasteiger partial charge in [0.1, 0.15) is 0 Å². The summed E-state index contributed by atoms with van der Waals surface area (Å²) in [5.41, 5.74) is -2.84. The van der Waals surface area contributed by atoms with Gasteiger partial charge in [-0.2, -0.15) is 26.3 Å². The normalized spacial score (nSPS) is 12.3. The third kappa shape index (κ3) is 3.65. The van der Waals surface area contributed by atoms with E-state index in [0.717, 1.165) is 0 Å². The molecule has 0 aliphatic carbocycles. The predicted octanol–water partition coefficient (Wildman–Crippen LogP) is 4.19. The molecule has 0 fully saturated rings. The summed E-state index contributed by atoms with van der Waals surface area (Å²) >= 11 is 0. The van der Waals surface area contributed by atoms with Crippen LogP contribution in [0.5, 0.6) is 0 Å². The van der Waals surface area contributed by atoms with Crippen LogP contribution in [0, 0.1) is 6.57 Å². The van der Waals surface area contributed by atoms with E-state index in [1.165, 1.54) is 0 Å². The average molecular weight is 267 g/mol. The lowest BCUT2D eigenvalue weighted by Crippen LogP contribution is -2.12. The van der Waals surface area contributed by atoms with Crippen LogP contribution < -0.4 is 0 Å². The molecule has 1 aromatic rings. The Morgan fingerprint density at radius 3 is 1.67 bits per heavy atom. The predicted molar refractivity (Wildman–Crippen MR) is 51.6 cm³/mol. The van der Waals surface area contributed by atoms with Crippen molar-refractivity contribution in [1.29, 1.82) is 0 Å². The van der Waals surface area contributed by atoms with Gasteiger partial charge in [0, 0.05) is 6.42 Å². The van der Waals surface area contributed by atoms with Gasteiger partial charge in [0.2, 0.25) is 6.54 Å². The molecule has 1 aromatic carbocycles. The standard InChI is InChI=1S/C11H7F6N/c1-18-3-2-7-4-8(10(12,13)14)6-9(5-7)11(15,16)17/h4-6H,2-3H2. The van der Waals surface area contributed by atoms with Gasteiger partial charge < -0.3 is 4.85 Å². The topological polar surface area (TPSA) is 4.36 Å². The molecule has 98 valence electrons. The molecule has 0 aliphatic heterocycles. The number of hydrogen-bond acceptors (Lipinski definition) is 0. The van der Waals surface area contributed by atoms with E-state index in [9.17, 15) is 26.3 Å². The Labute approximate surface area is 98.9 Å². The molecule has 0 bridgehead atoms. The fourth-order valence-electron chi connectivity index (χ4n) is 1.35. The maximum absolute atomic E-state index is 12.4. The first-order valence-corrected chi connectivity index (χ1v) is 4.76. The summed E-state index contributed by atoms with van der Waals surface area (Å²) in [6.45, 7) is 6.33. The van der Waals surface area contributed by atoms with Crippen molar-refractivity contribution in [3.63, 3.8) is 0 Å². The zero-order valence-electron chi connectivity index (χ0n) is 8.86. The minimum atomic E-state index is -4.84. The van der Waals surface area contributed by atoms with E-state index < -0.39 is 23.5 Å². The quantitative estimate of drug-likeness (QED) is 0.559. The summed E-state index contributed by atoms with van der Waals surface area (Å²) in [5.74, 6) is 0. The molecule has 18 heavy (non-hydrogen) atoms. The van der Waals surface area contributed by atoms with Gasteiger partial charge in [-0.3, -0.25) is 0 Å². The largest absolute Gasteiger partial charge is 0.416 e. The third-order valence-corrected chi connectivity index (χ3v) is 2.16. The maximum Gasteiger partial charge on any atom is 0.416 e. The summed E-state index contributed by atoms with van der Waals surface area (Å²) in [6.07, 6.45) is -9.82. The van der Waals surface area contributed by atoms with Crippen LogP contribution in [0.1, 0.15) is 16.7 Å². The third-order valence-electron chi connectivity index (χ3n) is 2.16. The van der Waals surface area contributed by atoms with Gasteiger partial charge in [-0.05, 0) is 23.8 Å². The van der Waals surface area contributed by atoms with Gasteiger partial charge in [0.05, 0.1) is 11.1 Å². The first-order valence-electron chi connectivity index (χ1n) is 4.76. The van der Waals surface area contributed by atoms with E-state index in [2.05, 4.69) is 4.85 Å². The molecule has 0 saturated heterocycles. The van der Waals surface area contributed by atoms with E-state index in [0.29, 0.717) is 12.1 Å². The highest BCUT2D eigenvalue weighted by Crippen LogP contribution is 2.36. The molecule has 0 radical (unpaired) electrons. The summed E-state index contributed by atoms with van der Waals surface area (Å²) < 4.78 is 74.6. The summed E-state index contributed by atoms with van der Waals surface area (Å²) in [6, 6.07) is 1.35. The van der Waals surface area contributed by atoms with Crippen LogP contribution in [0.15, 0.2) is 18.2 Å². The Morgan fingerprint density at radius 2 is 1.33 bits per heavy atom. The van der Waals surface area contributed by atoms with Crippen LogP contribution >= 0.6 is 0 Å². The Hall–Kier alpha value is -1.71. The van der Waals surface area contributed by atoms with Gasteiger partial charge in [-0.15, -0.1) is 0 Å². The summed E-state index contributed by atoms with van der Waals surface area (Å²) in [4.78, 5) is 2.90. The summed E-state index contributed by atoms with van der Waals surface area (Å²) in [7, 11) is 0. The second-order valence-electron chi connectivity index (χ2n) is 3.55. The summed E-state index contributed by atoms with van der Waals surface area (Å²) in [5, 5.41) is 0. The minimum Gasteiger partial charge on any atom is -0.317 e. The van der Waals surface area contributed by atoms with Gasteiger partial charge in [-0.25, -0.2) is 6.57 Å². The highest BCUT2D eigenvalue weighted by molar-refractivity contribution is 5.33. The van der Waals surface area contributed by atoms with Gasteiger partial charge in [0.15, 0.2) is 0 Å². The van der Waals surface area contributed by atoms with E-state index in [4.69, 9.17) is 6.57 Å². The lowest BCUT2D eigenvalue weighted by molar-refractivity contribution is -0.143. The van der Waals surface area contributed by atoms with Crippen molar-refractivity contribution < 1.29 is 26.3 Å². The van der Waals surface area contributed by atoms with Gasteiger partial charge >= 0.3 is 12.4 Å². The average Bonchev–Trinajstić information content (AvgIpc) is 2.23. The number of halogens is 6. The second kappa shape index (κ2) is 4.88. The number of benzene rings is 1. The van der Waals surface area contributed by atoms with Crippen molar-refractivity contribution in [3.05, 3.63) is 46.3 Å². The Morgan fingerprint density at radius 1 is 0.889 bits per heavy atom. The van der Waals surface area contributed by atoms with Crippen molar-refractivity contribution in [2.75, 3.05) is 6.54 Å². The number of alkyl halides is 6. The van der Waals surface area contributed by atoms with E-state index >= 15 is 0 Å². The van der Waals surface area contributed by atoms with Gasteiger partial charge in [-0.1, -0.05) is 0 Å². The highest BCUT2D eigenvalue weighted by atomic mass is 19.4. The van der Waals surface area contributed by atoms with Crippen LogP contribution in [0.4, 0.5) is 26.3 Å². The van der Waals surface area contributed by atoms with Crippen molar-refractivity contribution in [3.8, 4) is 0 Å².